The third-order valence-electron chi connectivity index (χ3n) is 4.04. The second-order valence-electron chi connectivity index (χ2n) is 6.15. The van der Waals surface area contributed by atoms with Crippen molar-refractivity contribution in [1.82, 2.24) is 10.3 Å². The molecule has 29 heavy (non-hydrogen) atoms. The van der Waals surface area contributed by atoms with Gasteiger partial charge in [0, 0.05) is 35.8 Å². The molecule has 148 valence electrons. The first kappa shape index (κ1) is 20.1. The largest absolute Gasteiger partial charge is 0.416 e. The highest BCUT2D eigenvalue weighted by molar-refractivity contribution is 6.06. The van der Waals surface area contributed by atoms with Crippen LogP contribution in [0.25, 0.3) is 0 Å². The predicted octanol–water partition coefficient (Wildman–Crippen LogP) is 4.28. The van der Waals surface area contributed by atoms with Crippen molar-refractivity contribution in [2.75, 3.05) is 5.32 Å². The van der Waals surface area contributed by atoms with Crippen LogP contribution in [0.2, 0.25) is 0 Å². The highest BCUT2D eigenvalue weighted by Gasteiger charge is 2.30. The molecule has 0 aliphatic heterocycles. The summed E-state index contributed by atoms with van der Waals surface area (Å²) in [4.78, 5) is 28.6. The zero-order valence-corrected chi connectivity index (χ0v) is 15.0. The molecule has 3 rings (SSSR count). The molecule has 0 aliphatic rings. The summed E-state index contributed by atoms with van der Waals surface area (Å²) < 4.78 is 38.4. The number of rotatable bonds is 5. The van der Waals surface area contributed by atoms with E-state index in [0.717, 1.165) is 17.7 Å². The van der Waals surface area contributed by atoms with Crippen molar-refractivity contribution in [2.45, 2.75) is 12.7 Å². The SMILES string of the molecule is O=C(NCc1ccncc1)c1cccc(C(=O)Nc2cccc(C(F)(F)F)c2)c1. The Labute approximate surface area is 164 Å². The average Bonchev–Trinajstić information content (AvgIpc) is 2.72. The molecule has 0 fully saturated rings. The zero-order valence-electron chi connectivity index (χ0n) is 15.0. The molecule has 0 radical (unpaired) electrons. The Kier molecular flexibility index (Phi) is 5.92. The van der Waals surface area contributed by atoms with Crippen molar-refractivity contribution in [3.63, 3.8) is 0 Å². The smallest absolute Gasteiger partial charge is 0.348 e. The predicted molar refractivity (Wildman–Crippen MR) is 101 cm³/mol. The Morgan fingerprint density at radius 2 is 1.52 bits per heavy atom. The van der Waals surface area contributed by atoms with Crippen molar-refractivity contribution in [3.05, 3.63) is 95.3 Å². The van der Waals surface area contributed by atoms with E-state index >= 15 is 0 Å². The van der Waals surface area contributed by atoms with Gasteiger partial charge < -0.3 is 10.6 Å². The number of hydrogen-bond acceptors (Lipinski definition) is 3. The molecule has 1 aromatic heterocycles. The first-order valence-corrected chi connectivity index (χ1v) is 8.59. The molecular weight excluding hydrogens is 383 g/mol. The number of amides is 2. The molecule has 0 saturated carbocycles. The van der Waals surface area contributed by atoms with Crippen LogP contribution in [0.3, 0.4) is 0 Å². The van der Waals surface area contributed by atoms with E-state index in [9.17, 15) is 22.8 Å². The summed E-state index contributed by atoms with van der Waals surface area (Å²) in [5.74, 6) is -0.997. The summed E-state index contributed by atoms with van der Waals surface area (Å²) in [5, 5.41) is 5.15. The topological polar surface area (TPSA) is 71.1 Å². The Bertz CT molecular complexity index is 1020. The van der Waals surface area contributed by atoms with Gasteiger partial charge in [0.1, 0.15) is 0 Å². The van der Waals surface area contributed by atoms with Crippen LogP contribution in [0.4, 0.5) is 18.9 Å². The Hall–Kier alpha value is -3.68. The van der Waals surface area contributed by atoms with Crippen LogP contribution in [0, 0.1) is 0 Å². The lowest BCUT2D eigenvalue weighted by atomic mass is 10.1. The van der Waals surface area contributed by atoms with Gasteiger partial charge in [-0.3, -0.25) is 14.6 Å². The fourth-order valence-corrected chi connectivity index (χ4v) is 2.56. The van der Waals surface area contributed by atoms with E-state index in [1.54, 1.807) is 30.6 Å². The maximum atomic E-state index is 12.8. The number of anilines is 1. The summed E-state index contributed by atoms with van der Waals surface area (Å²) in [7, 11) is 0. The molecule has 1 heterocycles. The van der Waals surface area contributed by atoms with E-state index in [1.807, 2.05) is 0 Å². The third-order valence-corrected chi connectivity index (χ3v) is 4.04. The van der Waals surface area contributed by atoms with Crippen LogP contribution in [0.15, 0.2) is 73.1 Å². The van der Waals surface area contributed by atoms with Gasteiger partial charge in [-0.15, -0.1) is 0 Å². The van der Waals surface area contributed by atoms with Crippen LogP contribution in [0.1, 0.15) is 31.8 Å². The van der Waals surface area contributed by atoms with Gasteiger partial charge in [-0.2, -0.15) is 13.2 Å². The number of benzene rings is 2. The molecule has 2 amide bonds. The van der Waals surface area contributed by atoms with Crippen molar-refractivity contribution in [2.24, 2.45) is 0 Å². The van der Waals surface area contributed by atoms with Gasteiger partial charge in [-0.1, -0.05) is 12.1 Å². The molecule has 0 spiro atoms. The van der Waals surface area contributed by atoms with Gasteiger partial charge in [0.2, 0.25) is 0 Å². The number of alkyl halides is 3. The standard InChI is InChI=1S/C21H16F3N3O2/c22-21(23,24)17-5-2-6-18(12-17)27-20(29)16-4-1-3-15(11-16)19(28)26-13-14-7-9-25-10-8-14/h1-12H,13H2,(H,26,28)(H,27,29). The Balaban J connectivity index is 1.68. The molecule has 0 unspecified atom stereocenters. The number of nitrogens with zero attached hydrogens (tertiary/aromatic N) is 1. The fraction of sp³-hybridized carbons (Fsp3) is 0.0952. The van der Waals surface area contributed by atoms with Crippen molar-refractivity contribution < 1.29 is 22.8 Å². The molecule has 5 nitrogen and oxygen atoms in total. The first-order valence-electron chi connectivity index (χ1n) is 8.59. The molecule has 2 N–H and O–H groups in total. The molecule has 0 saturated heterocycles. The van der Waals surface area contributed by atoms with Gasteiger partial charge in [0.05, 0.1) is 5.56 Å². The normalized spacial score (nSPS) is 11.0. The number of pyridine rings is 1. The van der Waals surface area contributed by atoms with Gasteiger partial charge in [-0.05, 0) is 54.1 Å². The second kappa shape index (κ2) is 8.55. The average molecular weight is 399 g/mol. The maximum absolute atomic E-state index is 12.8. The minimum Gasteiger partial charge on any atom is -0.348 e. The first-order chi connectivity index (χ1) is 13.8. The highest BCUT2D eigenvalue weighted by atomic mass is 19.4. The number of hydrogen-bond donors (Lipinski definition) is 2. The lowest BCUT2D eigenvalue weighted by Gasteiger charge is -2.10. The maximum Gasteiger partial charge on any atom is 0.416 e. The number of halogens is 3. The highest BCUT2D eigenvalue weighted by Crippen LogP contribution is 2.30. The summed E-state index contributed by atoms with van der Waals surface area (Å²) >= 11 is 0. The van der Waals surface area contributed by atoms with E-state index in [2.05, 4.69) is 15.6 Å². The van der Waals surface area contributed by atoms with E-state index < -0.39 is 17.6 Å². The lowest BCUT2D eigenvalue weighted by molar-refractivity contribution is -0.137. The van der Waals surface area contributed by atoms with Gasteiger partial charge >= 0.3 is 6.18 Å². The van der Waals surface area contributed by atoms with Crippen LogP contribution in [-0.4, -0.2) is 16.8 Å². The Morgan fingerprint density at radius 3 is 2.21 bits per heavy atom. The van der Waals surface area contributed by atoms with E-state index in [0.29, 0.717) is 6.54 Å². The van der Waals surface area contributed by atoms with E-state index in [4.69, 9.17) is 0 Å². The lowest BCUT2D eigenvalue weighted by Crippen LogP contribution is -2.23. The van der Waals surface area contributed by atoms with Gasteiger partial charge in [-0.25, -0.2) is 0 Å². The number of nitrogens with one attached hydrogen (secondary N) is 2. The van der Waals surface area contributed by atoms with Crippen molar-refractivity contribution in [1.29, 1.82) is 0 Å². The van der Waals surface area contributed by atoms with Crippen LogP contribution < -0.4 is 10.6 Å². The molecule has 0 aliphatic carbocycles. The van der Waals surface area contributed by atoms with Gasteiger partial charge in [0.15, 0.2) is 0 Å². The Morgan fingerprint density at radius 1 is 0.862 bits per heavy atom. The second-order valence-corrected chi connectivity index (χ2v) is 6.15. The number of aromatic nitrogens is 1. The quantitative estimate of drug-likeness (QED) is 0.673. The molecule has 3 aromatic rings. The van der Waals surface area contributed by atoms with Crippen molar-refractivity contribution >= 4 is 17.5 Å². The molecular formula is C21H16F3N3O2. The summed E-state index contributed by atoms with van der Waals surface area (Å²) in [6.45, 7) is 0.294. The minimum atomic E-state index is -4.51. The summed E-state index contributed by atoms with van der Waals surface area (Å²) in [6, 6.07) is 13.8. The monoisotopic (exact) mass is 399 g/mol. The minimum absolute atomic E-state index is 0.0115. The van der Waals surface area contributed by atoms with Crippen LogP contribution >= 0.6 is 0 Å². The molecule has 2 aromatic carbocycles. The number of carbonyl (C=O) groups excluding carboxylic acids is 2. The van der Waals surface area contributed by atoms with Gasteiger partial charge in [0.25, 0.3) is 11.8 Å². The van der Waals surface area contributed by atoms with E-state index in [-0.39, 0.29) is 22.7 Å². The molecule has 8 heteroatoms. The van der Waals surface area contributed by atoms with Crippen molar-refractivity contribution in [3.8, 4) is 0 Å². The van der Waals surface area contributed by atoms with Crippen LogP contribution in [-0.2, 0) is 12.7 Å². The van der Waals surface area contributed by atoms with Crippen LogP contribution in [0.5, 0.6) is 0 Å². The summed E-state index contributed by atoms with van der Waals surface area (Å²) in [5.41, 5.74) is 0.429. The number of carbonyl (C=O) groups is 2. The molecule has 0 bridgehead atoms. The third kappa shape index (κ3) is 5.41. The van der Waals surface area contributed by atoms with E-state index in [1.165, 1.54) is 30.3 Å². The zero-order chi connectivity index (χ0) is 20.9. The summed E-state index contributed by atoms with van der Waals surface area (Å²) in [6.07, 6.45) is -1.28. The fourth-order valence-electron chi connectivity index (χ4n) is 2.56. The molecule has 0 atom stereocenters.